The van der Waals surface area contributed by atoms with Crippen LogP contribution in [0.4, 0.5) is 23.5 Å². The lowest BCUT2D eigenvalue weighted by molar-refractivity contribution is -0.286. The van der Waals surface area contributed by atoms with Crippen molar-refractivity contribution in [1.29, 1.82) is 0 Å². The molecule has 1 saturated heterocycles. The Balaban J connectivity index is 1.49. The molecule has 154 valence electrons. The second kappa shape index (κ2) is 5.81. The van der Waals surface area contributed by atoms with Crippen LogP contribution in [0, 0.1) is 0 Å². The zero-order chi connectivity index (χ0) is 20.6. The average molecular weight is 412 g/mol. The van der Waals surface area contributed by atoms with Gasteiger partial charge >= 0.3 is 6.29 Å². The van der Waals surface area contributed by atoms with Gasteiger partial charge in [-0.25, -0.2) is 18.7 Å². The lowest BCUT2D eigenvalue weighted by Gasteiger charge is -2.18. The summed E-state index contributed by atoms with van der Waals surface area (Å²) in [7, 11) is 0. The van der Waals surface area contributed by atoms with Gasteiger partial charge in [0.25, 0.3) is 5.92 Å². The number of nitrogens with zero attached hydrogens (tertiary/aromatic N) is 5. The van der Waals surface area contributed by atoms with Gasteiger partial charge in [-0.15, -0.1) is 13.9 Å². The first kappa shape index (κ1) is 18.2. The molecule has 0 amide bonds. The maximum atomic E-state index is 13.6. The van der Waals surface area contributed by atoms with E-state index in [1.165, 1.54) is 16.6 Å². The first-order valence-electron chi connectivity index (χ1n) is 8.97. The molecule has 4 heterocycles. The fourth-order valence-electron chi connectivity index (χ4n) is 3.87. The van der Waals surface area contributed by atoms with E-state index >= 15 is 0 Å². The molecule has 12 heteroatoms. The van der Waals surface area contributed by atoms with Crippen LogP contribution < -0.4 is 15.2 Å². The molecule has 2 N–H and O–H groups in total. The van der Waals surface area contributed by atoms with Crippen LogP contribution in [-0.2, 0) is 6.42 Å². The third kappa shape index (κ3) is 2.98. The monoisotopic (exact) mass is 412 g/mol. The van der Waals surface area contributed by atoms with Crippen LogP contribution in [0.3, 0.4) is 0 Å². The number of likely N-dealkylation sites (tertiary alicyclic amines) is 1. The van der Waals surface area contributed by atoms with Crippen LogP contribution in [0.2, 0.25) is 0 Å². The Kier molecular flexibility index (Phi) is 3.64. The SMILES string of the molecule is C[C@H]1CC(F)(F)CN1CCc1nc2c3ccc4c(c3nc(N)n2n1)OC(F)(F)O4. The van der Waals surface area contributed by atoms with Gasteiger partial charge in [0, 0.05) is 30.8 Å². The molecule has 0 saturated carbocycles. The highest BCUT2D eigenvalue weighted by molar-refractivity contribution is 5.97. The van der Waals surface area contributed by atoms with Crippen LogP contribution in [0.1, 0.15) is 19.2 Å². The van der Waals surface area contributed by atoms with E-state index in [1.54, 1.807) is 11.8 Å². The molecule has 2 aromatic heterocycles. The van der Waals surface area contributed by atoms with Gasteiger partial charge in [-0.2, -0.15) is 4.52 Å². The Hall–Kier alpha value is -2.89. The number of hydrogen-bond acceptors (Lipinski definition) is 7. The summed E-state index contributed by atoms with van der Waals surface area (Å²) in [6.07, 6.45) is -3.64. The maximum absolute atomic E-state index is 13.6. The molecule has 1 atom stereocenters. The standard InChI is InChI=1S/C17H16F4N6O2/c1-8-6-16(18,19)7-26(8)5-4-11-23-14-9-2-3-10-13(29-17(20,21)28-10)12(9)24-15(22)27(14)25-11/h2-3,8H,4-7H2,1H3,(H2,22,24)/t8-/m0/s1. The Morgan fingerprint density at radius 3 is 2.72 bits per heavy atom. The van der Waals surface area contributed by atoms with Crippen molar-refractivity contribution in [3.05, 3.63) is 18.0 Å². The molecule has 1 aromatic carbocycles. The predicted molar refractivity (Wildman–Crippen MR) is 93.2 cm³/mol. The minimum absolute atomic E-state index is 0.0699. The molecule has 0 bridgehead atoms. The highest BCUT2D eigenvalue weighted by Gasteiger charge is 2.45. The Bertz CT molecular complexity index is 1130. The van der Waals surface area contributed by atoms with Crippen molar-refractivity contribution < 1.29 is 27.0 Å². The topological polar surface area (TPSA) is 90.8 Å². The number of benzene rings is 1. The van der Waals surface area contributed by atoms with E-state index < -0.39 is 12.2 Å². The molecule has 5 rings (SSSR count). The first-order chi connectivity index (χ1) is 13.6. The van der Waals surface area contributed by atoms with Crippen LogP contribution >= 0.6 is 0 Å². The number of ether oxygens (including phenoxy) is 2. The summed E-state index contributed by atoms with van der Waals surface area (Å²) >= 11 is 0. The van der Waals surface area contributed by atoms with Gasteiger partial charge in [0.05, 0.1) is 6.54 Å². The molecule has 2 aliphatic rings. The summed E-state index contributed by atoms with van der Waals surface area (Å²) in [5.41, 5.74) is 6.32. The second-order valence-electron chi connectivity index (χ2n) is 7.32. The molecule has 0 spiro atoms. The highest BCUT2D eigenvalue weighted by atomic mass is 19.3. The van der Waals surface area contributed by atoms with Crippen molar-refractivity contribution in [2.24, 2.45) is 0 Å². The molecule has 1 fully saturated rings. The summed E-state index contributed by atoms with van der Waals surface area (Å²) in [6.45, 7) is 1.81. The number of nitrogens with two attached hydrogens (primary N) is 1. The van der Waals surface area contributed by atoms with E-state index in [2.05, 4.69) is 24.5 Å². The quantitative estimate of drug-likeness (QED) is 0.661. The van der Waals surface area contributed by atoms with Crippen molar-refractivity contribution in [3.8, 4) is 11.5 Å². The van der Waals surface area contributed by atoms with Crippen LogP contribution in [0.25, 0.3) is 16.6 Å². The van der Waals surface area contributed by atoms with Gasteiger partial charge in [0.1, 0.15) is 5.52 Å². The van der Waals surface area contributed by atoms with Crippen molar-refractivity contribution in [1.82, 2.24) is 24.5 Å². The number of hydrogen-bond donors (Lipinski definition) is 1. The number of nitrogen functional groups attached to an aromatic ring is 1. The highest BCUT2D eigenvalue weighted by Crippen LogP contribution is 2.45. The van der Waals surface area contributed by atoms with Crippen LogP contribution in [0.15, 0.2) is 12.1 Å². The smallest absolute Gasteiger partial charge is 0.395 e. The second-order valence-corrected chi connectivity index (χ2v) is 7.32. The number of rotatable bonds is 3. The molecule has 3 aromatic rings. The molecule has 8 nitrogen and oxygen atoms in total. The number of alkyl halides is 4. The lowest BCUT2D eigenvalue weighted by atomic mass is 10.2. The van der Waals surface area contributed by atoms with Gasteiger partial charge in [0.15, 0.2) is 23.0 Å². The molecule has 2 aliphatic heterocycles. The Morgan fingerprint density at radius 1 is 1.21 bits per heavy atom. The van der Waals surface area contributed by atoms with E-state index in [1.807, 2.05) is 0 Å². The lowest BCUT2D eigenvalue weighted by Crippen LogP contribution is -2.31. The zero-order valence-electron chi connectivity index (χ0n) is 15.2. The molecule has 0 aliphatic carbocycles. The van der Waals surface area contributed by atoms with E-state index in [4.69, 9.17) is 5.73 Å². The molecular weight excluding hydrogens is 396 g/mol. The van der Waals surface area contributed by atoms with Crippen LogP contribution in [0.5, 0.6) is 11.5 Å². The van der Waals surface area contributed by atoms with Gasteiger partial charge in [-0.05, 0) is 19.1 Å². The minimum Gasteiger partial charge on any atom is -0.395 e. The first-order valence-corrected chi connectivity index (χ1v) is 8.97. The summed E-state index contributed by atoms with van der Waals surface area (Å²) in [4.78, 5) is 10.2. The predicted octanol–water partition coefficient (Wildman–Crippen LogP) is 2.45. The van der Waals surface area contributed by atoms with Gasteiger partial charge in [0.2, 0.25) is 5.95 Å². The van der Waals surface area contributed by atoms with E-state index in [9.17, 15) is 17.6 Å². The third-order valence-electron chi connectivity index (χ3n) is 5.15. The number of aromatic nitrogens is 4. The van der Waals surface area contributed by atoms with Crippen molar-refractivity contribution >= 4 is 22.5 Å². The third-order valence-corrected chi connectivity index (χ3v) is 5.15. The van der Waals surface area contributed by atoms with Crippen molar-refractivity contribution in [2.75, 3.05) is 18.8 Å². The summed E-state index contributed by atoms with van der Waals surface area (Å²) in [5.74, 6) is -2.75. The largest absolute Gasteiger partial charge is 0.586 e. The Labute approximate surface area is 161 Å². The number of fused-ring (bicyclic) bond motifs is 5. The van der Waals surface area contributed by atoms with E-state index in [0.29, 0.717) is 29.8 Å². The van der Waals surface area contributed by atoms with E-state index in [0.717, 1.165) is 0 Å². The Morgan fingerprint density at radius 2 is 2.00 bits per heavy atom. The van der Waals surface area contributed by atoms with Gasteiger partial charge in [-0.3, -0.25) is 4.90 Å². The van der Waals surface area contributed by atoms with E-state index in [-0.39, 0.29) is 42.0 Å². The fraction of sp³-hybridized carbons (Fsp3) is 0.471. The van der Waals surface area contributed by atoms with Gasteiger partial charge < -0.3 is 15.2 Å². The molecular formula is C17H16F4N6O2. The maximum Gasteiger partial charge on any atom is 0.586 e. The van der Waals surface area contributed by atoms with Crippen LogP contribution in [-0.4, -0.2) is 55.8 Å². The average Bonchev–Trinajstić information content (AvgIpc) is 3.25. The minimum atomic E-state index is -3.79. The molecule has 29 heavy (non-hydrogen) atoms. The number of anilines is 1. The zero-order valence-corrected chi connectivity index (χ0v) is 15.2. The van der Waals surface area contributed by atoms with Crippen molar-refractivity contribution in [2.45, 2.75) is 38.0 Å². The van der Waals surface area contributed by atoms with Crippen molar-refractivity contribution in [3.63, 3.8) is 0 Å². The summed E-state index contributed by atoms with van der Waals surface area (Å²) in [5, 5.41) is 4.69. The summed E-state index contributed by atoms with van der Waals surface area (Å²) in [6, 6.07) is 2.61. The number of halogens is 4. The molecule has 0 radical (unpaired) electrons. The normalized spacial score (nSPS) is 22.7. The summed E-state index contributed by atoms with van der Waals surface area (Å²) < 4.78 is 64.2. The van der Waals surface area contributed by atoms with Gasteiger partial charge in [-0.1, -0.05) is 0 Å². The fourth-order valence-corrected chi connectivity index (χ4v) is 3.87. The molecule has 0 unspecified atom stereocenters.